The lowest BCUT2D eigenvalue weighted by molar-refractivity contribution is -0.0196. The predicted octanol–water partition coefficient (Wildman–Crippen LogP) is 3.75. The second-order valence-electron chi connectivity index (χ2n) is 4.88. The minimum atomic E-state index is -0.553. The van der Waals surface area contributed by atoms with Gasteiger partial charge in [-0.2, -0.15) is 0 Å². The first-order valence-corrected chi connectivity index (χ1v) is 7.68. The van der Waals surface area contributed by atoms with Crippen LogP contribution in [0.3, 0.4) is 0 Å². The van der Waals surface area contributed by atoms with Crippen LogP contribution in [0.25, 0.3) is 0 Å². The van der Waals surface area contributed by atoms with Crippen LogP contribution in [0.5, 0.6) is 0 Å². The number of ether oxygens (including phenoxy) is 2. The minimum Gasteiger partial charge on any atom is -0.455 e. The van der Waals surface area contributed by atoms with Crippen LogP contribution < -0.4 is 0 Å². The normalized spacial score (nSPS) is 13.1. The van der Waals surface area contributed by atoms with Crippen molar-refractivity contribution in [2.24, 2.45) is 0 Å². The molecule has 0 bridgehead atoms. The van der Waals surface area contributed by atoms with E-state index in [0.717, 1.165) is 0 Å². The molecule has 0 aliphatic heterocycles. The molecule has 0 N–H and O–H groups in total. The van der Waals surface area contributed by atoms with Gasteiger partial charge >= 0.3 is 12.1 Å². The molecule has 0 aromatic heterocycles. The second kappa shape index (κ2) is 8.63. The van der Waals surface area contributed by atoms with Crippen molar-refractivity contribution in [1.82, 2.24) is 4.90 Å². The molecule has 0 heterocycles. The van der Waals surface area contributed by atoms with Crippen LogP contribution in [-0.4, -0.2) is 42.3 Å². The van der Waals surface area contributed by atoms with E-state index in [2.05, 4.69) is 0 Å². The summed E-state index contributed by atoms with van der Waals surface area (Å²) < 4.78 is 10.6. The summed E-state index contributed by atoms with van der Waals surface area (Å²) in [6.07, 6.45) is -1.50. The lowest BCUT2D eigenvalue weighted by atomic mass is 10.2. The topological polar surface area (TPSA) is 55.8 Å². The Morgan fingerprint density at radius 2 is 1.55 bits per heavy atom. The summed E-state index contributed by atoms with van der Waals surface area (Å²) in [7, 11) is 0. The molecular weight excluding hydrogens is 306 g/mol. The van der Waals surface area contributed by atoms with Crippen molar-refractivity contribution in [1.29, 1.82) is 0 Å². The van der Waals surface area contributed by atoms with E-state index in [-0.39, 0.29) is 0 Å². The number of esters is 1. The fourth-order valence-corrected chi connectivity index (χ4v) is 1.86. The van der Waals surface area contributed by atoms with Gasteiger partial charge in [0.25, 0.3) is 0 Å². The van der Waals surface area contributed by atoms with Gasteiger partial charge in [0, 0.05) is 18.1 Å². The lowest BCUT2D eigenvalue weighted by Gasteiger charge is -2.25. The molecular formula is C16H22ClNO4. The number of hydrogen-bond acceptors (Lipinski definition) is 4. The Hall–Kier alpha value is -1.75. The van der Waals surface area contributed by atoms with E-state index in [0.29, 0.717) is 23.7 Å². The van der Waals surface area contributed by atoms with Crippen LogP contribution in [0.2, 0.25) is 5.02 Å². The Morgan fingerprint density at radius 3 is 2.05 bits per heavy atom. The van der Waals surface area contributed by atoms with Crippen LogP contribution in [0, 0.1) is 0 Å². The zero-order valence-corrected chi connectivity index (χ0v) is 14.1. The number of carbonyl (C=O) groups excluding carboxylic acids is 2. The van der Waals surface area contributed by atoms with E-state index < -0.39 is 24.3 Å². The number of halogens is 1. The minimum absolute atomic E-state index is 0.401. The van der Waals surface area contributed by atoms with Gasteiger partial charge in [-0.1, -0.05) is 11.6 Å². The maximum absolute atomic E-state index is 12.0. The Balaban J connectivity index is 2.56. The highest BCUT2D eigenvalue weighted by atomic mass is 35.5. The average molecular weight is 328 g/mol. The lowest BCUT2D eigenvalue weighted by Crippen LogP contribution is -2.37. The molecule has 1 amide bonds. The van der Waals surface area contributed by atoms with Crippen molar-refractivity contribution in [2.45, 2.75) is 39.9 Å². The average Bonchev–Trinajstić information content (AvgIpc) is 2.48. The number of hydrogen-bond donors (Lipinski definition) is 0. The van der Waals surface area contributed by atoms with Gasteiger partial charge in [0.2, 0.25) is 0 Å². The van der Waals surface area contributed by atoms with E-state index >= 15 is 0 Å². The number of carbonyl (C=O) groups is 2. The quantitative estimate of drug-likeness (QED) is 0.747. The van der Waals surface area contributed by atoms with Crippen molar-refractivity contribution in [3.63, 3.8) is 0 Å². The maximum atomic E-state index is 12.0. The summed E-state index contributed by atoms with van der Waals surface area (Å²) in [5, 5.41) is 0.547. The van der Waals surface area contributed by atoms with Crippen LogP contribution in [0.15, 0.2) is 24.3 Å². The van der Waals surface area contributed by atoms with Gasteiger partial charge in [0.1, 0.15) is 12.2 Å². The molecule has 1 aromatic rings. The fourth-order valence-electron chi connectivity index (χ4n) is 1.73. The summed E-state index contributed by atoms with van der Waals surface area (Å²) in [5.41, 5.74) is 0.401. The zero-order chi connectivity index (χ0) is 16.7. The summed E-state index contributed by atoms with van der Waals surface area (Å²) in [4.78, 5) is 25.4. The molecule has 1 rings (SSSR count). The standard InChI is InChI=1S/C16H22ClNO4/c1-5-18(6-2)16(20)22-12(4)11(3)21-15(19)13-7-9-14(17)10-8-13/h7-12H,5-6H2,1-4H3. The smallest absolute Gasteiger partial charge is 0.410 e. The molecule has 0 spiro atoms. The highest BCUT2D eigenvalue weighted by Gasteiger charge is 2.23. The third-order valence-electron chi connectivity index (χ3n) is 3.34. The third kappa shape index (κ3) is 5.22. The number of benzene rings is 1. The fraction of sp³-hybridized carbons (Fsp3) is 0.500. The molecule has 0 saturated carbocycles. The van der Waals surface area contributed by atoms with Crippen molar-refractivity contribution in [3.05, 3.63) is 34.9 Å². The number of nitrogens with zero attached hydrogens (tertiary/aromatic N) is 1. The highest BCUT2D eigenvalue weighted by Crippen LogP contribution is 2.13. The van der Waals surface area contributed by atoms with Crippen LogP contribution >= 0.6 is 11.6 Å². The van der Waals surface area contributed by atoms with Crippen LogP contribution in [0.1, 0.15) is 38.1 Å². The Morgan fingerprint density at radius 1 is 1.05 bits per heavy atom. The highest BCUT2D eigenvalue weighted by molar-refractivity contribution is 6.30. The molecule has 1 aromatic carbocycles. The molecule has 0 radical (unpaired) electrons. The first-order chi connectivity index (χ1) is 10.4. The van der Waals surface area contributed by atoms with E-state index in [1.807, 2.05) is 13.8 Å². The molecule has 2 atom stereocenters. The number of rotatable bonds is 6. The monoisotopic (exact) mass is 327 g/mol. The van der Waals surface area contributed by atoms with Crippen molar-refractivity contribution in [2.75, 3.05) is 13.1 Å². The molecule has 6 heteroatoms. The van der Waals surface area contributed by atoms with E-state index in [1.54, 1.807) is 43.0 Å². The second-order valence-corrected chi connectivity index (χ2v) is 5.31. The molecule has 0 saturated heterocycles. The van der Waals surface area contributed by atoms with E-state index in [1.165, 1.54) is 0 Å². The summed E-state index contributed by atoms with van der Waals surface area (Å²) in [6, 6.07) is 6.41. The van der Waals surface area contributed by atoms with Crippen molar-refractivity contribution >= 4 is 23.7 Å². The zero-order valence-electron chi connectivity index (χ0n) is 13.3. The van der Waals surface area contributed by atoms with Gasteiger partial charge in [-0.05, 0) is 52.0 Å². The number of amides is 1. The van der Waals surface area contributed by atoms with Crippen LogP contribution in [-0.2, 0) is 9.47 Å². The van der Waals surface area contributed by atoms with Gasteiger partial charge in [0.05, 0.1) is 5.56 Å². The summed E-state index contributed by atoms with van der Waals surface area (Å²) >= 11 is 5.77. The third-order valence-corrected chi connectivity index (χ3v) is 3.59. The van der Waals surface area contributed by atoms with Gasteiger partial charge in [0.15, 0.2) is 0 Å². The molecule has 122 valence electrons. The molecule has 2 unspecified atom stereocenters. The summed E-state index contributed by atoms with van der Waals surface area (Å²) in [6.45, 7) is 8.27. The van der Waals surface area contributed by atoms with Gasteiger partial charge in [-0.3, -0.25) is 0 Å². The van der Waals surface area contributed by atoms with Gasteiger partial charge in [-0.25, -0.2) is 9.59 Å². The Bertz CT molecular complexity index is 499. The van der Waals surface area contributed by atoms with Crippen molar-refractivity contribution in [3.8, 4) is 0 Å². The van der Waals surface area contributed by atoms with Gasteiger partial charge < -0.3 is 14.4 Å². The first kappa shape index (κ1) is 18.3. The largest absolute Gasteiger partial charge is 0.455 e. The molecule has 0 fully saturated rings. The summed E-state index contributed by atoms with van der Waals surface area (Å²) in [5.74, 6) is -0.477. The van der Waals surface area contributed by atoms with Crippen LogP contribution in [0.4, 0.5) is 4.79 Å². The molecule has 5 nitrogen and oxygen atoms in total. The Kier molecular flexibility index (Phi) is 7.18. The maximum Gasteiger partial charge on any atom is 0.410 e. The van der Waals surface area contributed by atoms with Gasteiger partial charge in [-0.15, -0.1) is 0 Å². The first-order valence-electron chi connectivity index (χ1n) is 7.31. The SMILES string of the molecule is CCN(CC)C(=O)OC(C)C(C)OC(=O)c1ccc(Cl)cc1. The van der Waals surface area contributed by atoms with Crippen molar-refractivity contribution < 1.29 is 19.1 Å². The molecule has 0 aliphatic rings. The molecule has 22 heavy (non-hydrogen) atoms. The molecule has 0 aliphatic carbocycles. The van der Waals surface area contributed by atoms with E-state index in [9.17, 15) is 9.59 Å². The predicted molar refractivity (Wildman–Crippen MR) is 85.2 cm³/mol. The van der Waals surface area contributed by atoms with E-state index in [4.69, 9.17) is 21.1 Å². The Labute approximate surface area is 136 Å².